The van der Waals surface area contributed by atoms with E-state index in [2.05, 4.69) is 46.9 Å². The van der Waals surface area contributed by atoms with E-state index in [-0.39, 0.29) is 0 Å². The van der Waals surface area contributed by atoms with Crippen LogP contribution >= 0.6 is 0 Å². The Balaban J connectivity index is 2.36. The van der Waals surface area contributed by atoms with Crippen LogP contribution in [0.15, 0.2) is 18.2 Å². The van der Waals surface area contributed by atoms with E-state index in [1.165, 1.54) is 5.56 Å². The molecule has 0 aliphatic carbocycles. The molecule has 0 saturated carbocycles. The molecule has 1 aromatic carbocycles. The number of nitrogens with one attached hydrogen (secondary N) is 1. The van der Waals surface area contributed by atoms with Crippen LogP contribution in [0.2, 0.25) is 0 Å². The van der Waals surface area contributed by atoms with E-state index in [0.717, 1.165) is 36.5 Å². The number of aromatic nitrogens is 2. The lowest BCUT2D eigenvalue weighted by molar-refractivity contribution is 0.297. The number of fused-ring (bicyclic) bond motifs is 1. The molecule has 0 amide bonds. The molecule has 1 N–H and O–H groups in total. The molecule has 2 rings (SSSR count). The summed E-state index contributed by atoms with van der Waals surface area (Å²) >= 11 is 0. The van der Waals surface area contributed by atoms with E-state index in [0.29, 0.717) is 0 Å². The van der Waals surface area contributed by atoms with Crippen molar-refractivity contribution in [2.75, 3.05) is 13.1 Å². The minimum Gasteiger partial charge on any atom is -0.342 e. The Kier molecular flexibility index (Phi) is 3.25. The summed E-state index contributed by atoms with van der Waals surface area (Å²) in [4.78, 5) is 10.2. The van der Waals surface area contributed by atoms with Crippen molar-refractivity contribution < 1.29 is 0 Å². The summed E-state index contributed by atoms with van der Waals surface area (Å²) in [5.74, 6) is 0.988. The van der Waals surface area contributed by atoms with Crippen LogP contribution in [0.3, 0.4) is 0 Å². The first kappa shape index (κ1) is 11.1. The molecule has 86 valence electrons. The monoisotopic (exact) mass is 217 g/mol. The molecule has 16 heavy (non-hydrogen) atoms. The molecule has 1 heterocycles. The van der Waals surface area contributed by atoms with E-state index < -0.39 is 0 Å². The van der Waals surface area contributed by atoms with Gasteiger partial charge in [0.15, 0.2) is 0 Å². The number of aromatic amines is 1. The van der Waals surface area contributed by atoms with Gasteiger partial charge in [0, 0.05) is 6.54 Å². The van der Waals surface area contributed by atoms with Crippen LogP contribution in [0.4, 0.5) is 0 Å². The minimum absolute atomic E-state index is 0.981. The van der Waals surface area contributed by atoms with Gasteiger partial charge in [0.2, 0.25) is 0 Å². The molecule has 0 radical (unpaired) electrons. The summed E-state index contributed by atoms with van der Waals surface area (Å²) in [6.45, 7) is 9.53. The maximum absolute atomic E-state index is 4.55. The largest absolute Gasteiger partial charge is 0.342 e. The van der Waals surface area contributed by atoms with Gasteiger partial charge in [-0.1, -0.05) is 26.0 Å². The predicted octanol–water partition coefficient (Wildman–Crippen LogP) is 2.71. The number of para-hydroxylation sites is 1. The standard InChI is InChI=1S/C13H19N3/c1-4-16(5-2)9-11-7-6-8-12-13(11)15-10(3)14-12/h6-8H,4-5,9H2,1-3H3,(H,14,15). The quantitative estimate of drug-likeness (QED) is 0.854. The SMILES string of the molecule is CCN(CC)Cc1cccc2[nH]c(C)nc12. The number of H-pyrrole nitrogens is 1. The number of nitrogens with zero attached hydrogens (tertiary/aromatic N) is 2. The van der Waals surface area contributed by atoms with E-state index in [1.807, 2.05) is 6.92 Å². The van der Waals surface area contributed by atoms with Gasteiger partial charge >= 0.3 is 0 Å². The fourth-order valence-corrected chi connectivity index (χ4v) is 2.03. The highest BCUT2D eigenvalue weighted by molar-refractivity contribution is 5.78. The van der Waals surface area contributed by atoms with Crippen LogP contribution in [-0.4, -0.2) is 28.0 Å². The lowest BCUT2D eigenvalue weighted by Gasteiger charge is -2.17. The maximum Gasteiger partial charge on any atom is 0.104 e. The second-order valence-corrected chi connectivity index (χ2v) is 4.10. The van der Waals surface area contributed by atoms with Crippen LogP contribution in [0.1, 0.15) is 25.2 Å². The Morgan fingerprint density at radius 1 is 1.25 bits per heavy atom. The lowest BCUT2D eigenvalue weighted by atomic mass is 10.1. The predicted molar refractivity (Wildman–Crippen MR) is 67.5 cm³/mol. The normalized spacial score (nSPS) is 11.5. The van der Waals surface area contributed by atoms with Gasteiger partial charge in [-0.15, -0.1) is 0 Å². The molecule has 0 unspecified atom stereocenters. The van der Waals surface area contributed by atoms with Gasteiger partial charge in [0.25, 0.3) is 0 Å². The van der Waals surface area contributed by atoms with Crippen molar-refractivity contribution >= 4 is 11.0 Å². The fraction of sp³-hybridized carbons (Fsp3) is 0.462. The molecular formula is C13H19N3. The minimum atomic E-state index is 0.981. The summed E-state index contributed by atoms with van der Waals surface area (Å²) < 4.78 is 0. The third-order valence-electron chi connectivity index (χ3n) is 3.00. The summed E-state index contributed by atoms with van der Waals surface area (Å²) in [6, 6.07) is 6.35. The average Bonchev–Trinajstić information content (AvgIpc) is 2.67. The van der Waals surface area contributed by atoms with Crippen molar-refractivity contribution in [1.29, 1.82) is 0 Å². The topological polar surface area (TPSA) is 31.9 Å². The fourth-order valence-electron chi connectivity index (χ4n) is 2.03. The third-order valence-corrected chi connectivity index (χ3v) is 3.00. The highest BCUT2D eigenvalue weighted by atomic mass is 15.1. The number of hydrogen-bond acceptors (Lipinski definition) is 2. The number of rotatable bonds is 4. The van der Waals surface area contributed by atoms with Crippen molar-refractivity contribution in [2.24, 2.45) is 0 Å². The molecule has 3 heteroatoms. The highest BCUT2D eigenvalue weighted by Gasteiger charge is 2.07. The van der Waals surface area contributed by atoms with Crippen molar-refractivity contribution in [2.45, 2.75) is 27.3 Å². The molecule has 1 aromatic heterocycles. The summed E-state index contributed by atoms with van der Waals surface area (Å²) in [5, 5.41) is 0. The second-order valence-electron chi connectivity index (χ2n) is 4.10. The first-order chi connectivity index (χ1) is 7.74. The molecule has 0 atom stereocenters. The molecule has 3 nitrogen and oxygen atoms in total. The van der Waals surface area contributed by atoms with E-state index in [9.17, 15) is 0 Å². The molecule has 0 aliphatic heterocycles. The Morgan fingerprint density at radius 3 is 2.69 bits per heavy atom. The molecule has 2 aromatic rings. The van der Waals surface area contributed by atoms with Gasteiger partial charge in [-0.05, 0) is 31.6 Å². The Morgan fingerprint density at radius 2 is 2.00 bits per heavy atom. The molecule has 0 saturated heterocycles. The van der Waals surface area contributed by atoms with Crippen LogP contribution in [0.5, 0.6) is 0 Å². The Hall–Kier alpha value is -1.35. The maximum atomic E-state index is 4.55. The van der Waals surface area contributed by atoms with Crippen LogP contribution < -0.4 is 0 Å². The van der Waals surface area contributed by atoms with Crippen LogP contribution in [-0.2, 0) is 6.54 Å². The van der Waals surface area contributed by atoms with Gasteiger partial charge in [0.1, 0.15) is 5.82 Å². The van der Waals surface area contributed by atoms with Gasteiger partial charge in [0.05, 0.1) is 11.0 Å². The van der Waals surface area contributed by atoms with Crippen molar-refractivity contribution in [3.05, 3.63) is 29.6 Å². The number of hydrogen-bond donors (Lipinski definition) is 1. The van der Waals surface area contributed by atoms with Gasteiger partial charge < -0.3 is 4.98 Å². The molecule has 0 fully saturated rings. The van der Waals surface area contributed by atoms with Crippen LogP contribution in [0.25, 0.3) is 11.0 Å². The lowest BCUT2D eigenvalue weighted by Crippen LogP contribution is -2.22. The zero-order chi connectivity index (χ0) is 11.5. The smallest absolute Gasteiger partial charge is 0.104 e. The van der Waals surface area contributed by atoms with Crippen molar-refractivity contribution in [3.8, 4) is 0 Å². The Bertz CT molecular complexity index is 469. The zero-order valence-electron chi connectivity index (χ0n) is 10.2. The number of imidazole rings is 1. The van der Waals surface area contributed by atoms with Gasteiger partial charge in [-0.2, -0.15) is 0 Å². The molecule has 0 aliphatic rings. The average molecular weight is 217 g/mol. The number of aryl methyl sites for hydroxylation is 1. The van der Waals surface area contributed by atoms with Crippen LogP contribution in [0, 0.1) is 6.92 Å². The van der Waals surface area contributed by atoms with E-state index >= 15 is 0 Å². The summed E-state index contributed by atoms with van der Waals surface area (Å²) in [5.41, 5.74) is 3.57. The summed E-state index contributed by atoms with van der Waals surface area (Å²) in [6.07, 6.45) is 0. The first-order valence-electron chi connectivity index (χ1n) is 5.91. The highest BCUT2D eigenvalue weighted by Crippen LogP contribution is 2.17. The third kappa shape index (κ3) is 2.09. The first-order valence-corrected chi connectivity index (χ1v) is 5.91. The zero-order valence-corrected chi connectivity index (χ0v) is 10.2. The van der Waals surface area contributed by atoms with Gasteiger partial charge in [-0.3, -0.25) is 4.90 Å². The summed E-state index contributed by atoms with van der Waals surface area (Å²) in [7, 11) is 0. The van der Waals surface area contributed by atoms with E-state index in [1.54, 1.807) is 0 Å². The number of benzene rings is 1. The molecule has 0 spiro atoms. The van der Waals surface area contributed by atoms with Crippen molar-refractivity contribution in [1.82, 2.24) is 14.9 Å². The second kappa shape index (κ2) is 4.66. The molecular weight excluding hydrogens is 198 g/mol. The Labute approximate surface area is 96.5 Å². The van der Waals surface area contributed by atoms with Crippen molar-refractivity contribution in [3.63, 3.8) is 0 Å². The van der Waals surface area contributed by atoms with Gasteiger partial charge in [-0.25, -0.2) is 4.98 Å². The molecule has 0 bridgehead atoms. The van der Waals surface area contributed by atoms with E-state index in [4.69, 9.17) is 0 Å².